The molecule has 3 aromatic rings. The summed E-state index contributed by atoms with van der Waals surface area (Å²) < 4.78 is 35.3. The molecule has 0 bridgehead atoms. The molecule has 0 spiro atoms. The van der Waals surface area contributed by atoms with E-state index in [0.717, 1.165) is 55.1 Å². The van der Waals surface area contributed by atoms with Gasteiger partial charge in [0.05, 0.1) is 11.7 Å². The highest BCUT2D eigenvalue weighted by Crippen LogP contribution is 2.35. The van der Waals surface area contributed by atoms with E-state index in [2.05, 4.69) is 23.8 Å². The topological polar surface area (TPSA) is 50.5 Å². The van der Waals surface area contributed by atoms with Gasteiger partial charge in [0.15, 0.2) is 11.6 Å². The number of aromatic nitrogens is 2. The number of benzene rings is 2. The Morgan fingerprint density at radius 2 is 1.85 bits per heavy atom. The number of hydrogen-bond acceptors (Lipinski definition) is 4. The van der Waals surface area contributed by atoms with Gasteiger partial charge in [-0.25, -0.2) is 13.5 Å². The molecule has 0 aliphatic rings. The second-order valence-electron chi connectivity index (χ2n) is 8.33. The number of halogens is 2. The number of rotatable bonds is 12. The fourth-order valence-electron chi connectivity index (χ4n) is 3.92. The van der Waals surface area contributed by atoms with Gasteiger partial charge in [-0.05, 0) is 31.5 Å². The second-order valence-corrected chi connectivity index (χ2v) is 8.33. The van der Waals surface area contributed by atoms with E-state index in [-0.39, 0.29) is 5.75 Å². The highest BCUT2D eigenvalue weighted by atomic mass is 19.1. The first-order valence-electron chi connectivity index (χ1n) is 11.6. The number of hydrogen-bond donors (Lipinski definition) is 1. The van der Waals surface area contributed by atoms with Crippen LogP contribution in [0.3, 0.4) is 0 Å². The van der Waals surface area contributed by atoms with Crippen LogP contribution in [0.1, 0.15) is 45.1 Å². The fraction of sp³-hybridized carbons (Fsp3) is 0.423. The summed E-state index contributed by atoms with van der Waals surface area (Å²) in [6, 6.07) is 13.0. The molecule has 1 unspecified atom stereocenters. The molecule has 2 aromatic carbocycles. The van der Waals surface area contributed by atoms with E-state index in [9.17, 15) is 13.9 Å². The van der Waals surface area contributed by atoms with Crippen LogP contribution in [-0.2, 0) is 13.6 Å². The summed E-state index contributed by atoms with van der Waals surface area (Å²) in [5.41, 5.74) is 2.45. The Labute approximate surface area is 194 Å². The van der Waals surface area contributed by atoms with Gasteiger partial charge in [-0.1, -0.05) is 57.0 Å². The largest absolute Gasteiger partial charge is 0.436 e. The maximum Gasteiger partial charge on any atom is 0.222 e. The van der Waals surface area contributed by atoms with Gasteiger partial charge < -0.3 is 9.84 Å². The van der Waals surface area contributed by atoms with Crippen molar-refractivity contribution in [3.05, 3.63) is 65.7 Å². The molecule has 1 heterocycles. The van der Waals surface area contributed by atoms with Crippen molar-refractivity contribution in [1.82, 2.24) is 14.7 Å². The SMILES string of the molecule is CCCCC(O)CN(CCC)Cc1c(-c2ccccc2)nn(C)c1Oc1ccc(F)cc1F. The number of aryl methyl sites for hydroxylation is 1. The van der Waals surface area contributed by atoms with Crippen LogP contribution in [0.15, 0.2) is 48.5 Å². The summed E-state index contributed by atoms with van der Waals surface area (Å²) in [7, 11) is 1.74. The van der Waals surface area contributed by atoms with Crippen molar-refractivity contribution >= 4 is 0 Å². The highest BCUT2D eigenvalue weighted by molar-refractivity contribution is 5.65. The van der Waals surface area contributed by atoms with Gasteiger partial charge in [0.2, 0.25) is 5.88 Å². The molecular formula is C26H33F2N3O2. The van der Waals surface area contributed by atoms with Crippen molar-refractivity contribution in [1.29, 1.82) is 0 Å². The molecule has 7 heteroatoms. The summed E-state index contributed by atoms with van der Waals surface area (Å²) >= 11 is 0. The van der Waals surface area contributed by atoms with E-state index in [4.69, 9.17) is 4.74 Å². The monoisotopic (exact) mass is 457 g/mol. The predicted octanol–water partition coefficient (Wildman–Crippen LogP) is 5.92. The quantitative estimate of drug-likeness (QED) is 0.367. The number of aliphatic hydroxyl groups is 1. The van der Waals surface area contributed by atoms with Gasteiger partial charge in [0, 0.05) is 31.8 Å². The number of aliphatic hydroxyl groups excluding tert-OH is 1. The molecular weight excluding hydrogens is 424 g/mol. The van der Waals surface area contributed by atoms with Crippen molar-refractivity contribution in [2.24, 2.45) is 7.05 Å². The zero-order valence-electron chi connectivity index (χ0n) is 19.6. The Morgan fingerprint density at radius 1 is 1.09 bits per heavy atom. The third-order valence-electron chi connectivity index (χ3n) is 5.52. The predicted molar refractivity (Wildman–Crippen MR) is 126 cm³/mol. The van der Waals surface area contributed by atoms with Crippen LogP contribution in [0, 0.1) is 11.6 Å². The lowest BCUT2D eigenvalue weighted by atomic mass is 10.1. The van der Waals surface area contributed by atoms with Crippen molar-refractivity contribution in [3.63, 3.8) is 0 Å². The van der Waals surface area contributed by atoms with Crippen molar-refractivity contribution in [3.8, 4) is 22.9 Å². The number of nitrogens with zero attached hydrogens (tertiary/aromatic N) is 3. The average Bonchev–Trinajstić information content (AvgIpc) is 3.10. The molecule has 0 aliphatic heterocycles. The van der Waals surface area contributed by atoms with Gasteiger partial charge in [0.1, 0.15) is 11.5 Å². The Kier molecular flexibility index (Phi) is 8.97. The molecule has 0 fully saturated rings. The molecule has 0 aliphatic carbocycles. The van der Waals surface area contributed by atoms with E-state index in [0.29, 0.717) is 19.0 Å². The van der Waals surface area contributed by atoms with Gasteiger partial charge in [-0.15, -0.1) is 0 Å². The van der Waals surface area contributed by atoms with Crippen LogP contribution in [-0.4, -0.2) is 39.0 Å². The molecule has 0 saturated carbocycles. The maximum atomic E-state index is 14.4. The van der Waals surface area contributed by atoms with E-state index >= 15 is 0 Å². The second kappa shape index (κ2) is 11.9. The summed E-state index contributed by atoms with van der Waals surface area (Å²) in [6.45, 7) is 6.00. The molecule has 3 rings (SSSR count). The third kappa shape index (κ3) is 6.62. The van der Waals surface area contributed by atoms with Crippen LogP contribution >= 0.6 is 0 Å². The normalized spacial score (nSPS) is 12.3. The average molecular weight is 458 g/mol. The molecule has 1 aromatic heterocycles. The van der Waals surface area contributed by atoms with Gasteiger partial charge in [0.25, 0.3) is 0 Å². The maximum absolute atomic E-state index is 14.4. The smallest absolute Gasteiger partial charge is 0.222 e. The lowest BCUT2D eigenvalue weighted by Gasteiger charge is -2.25. The Morgan fingerprint density at radius 3 is 2.52 bits per heavy atom. The van der Waals surface area contributed by atoms with Crippen LogP contribution in [0.5, 0.6) is 11.6 Å². The lowest BCUT2D eigenvalue weighted by molar-refractivity contribution is 0.0992. The molecule has 0 saturated heterocycles. The molecule has 1 atom stereocenters. The lowest BCUT2D eigenvalue weighted by Crippen LogP contribution is -2.33. The number of unbranched alkanes of at least 4 members (excludes halogenated alkanes) is 1. The summed E-state index contributed by atoms with van der Waals surface area (Å²) in [6.07, 6.45) is 3.25. The van der Waals surface area contributed by atoms with Gasteiger partial charge >= 0.3 is 0 Å². The van der Waals surface area contributed by atoms with Gasteiger partial charge in [-0.3, -0.25) is 4.90 Å². The van der Waals surface area contributed by atoms with Crippen molar-refractivity contribution in [2.75, 3.05) is 13.1 Å². The Bertz CT molecular complexity index is 1020. The van der Waals surface area contributed by atoms with E-state index in [1.807, 2.05) is 30.3 Å². The molecule has 5 nitrogen and oxygen atoms in total. The van der Waals surface area contributed by atoms with Crippen LogP contribution < -0.4 is 4.74 Å². The van der Waals surface area contributed by atoms with E-state index < -0.39 is 17.7 Å². The molecule has 0 radical (unpaired) electrons. The molecule has 0 amide bonds. The first-order chi connectivity index (χ1) is 15.9. The third-order valence-corrected chi connectivity index (χ3v) is 5.52. The van der Waals surface area contributed by atoms with Crippen molar-refractivity contribution in [2.45, 2.75) is 52.2 Å². The minimum atomic E-state index is -0.774. The van der Waals surface area contributed by atoms with Crippen LogP contribution in [0.2, 0.25) is 0 Å². The highest BCUT2D eigenvalue weighted by Gasteiger charge is 2.24. The molecule has 178 valence electrons. The van der Waals surface area contributed by atoms with E-state index in [1.165, 1.54) is 12.1 Å². The zero-order valence-corrected chi connectivity index (χ0v) is 19.6. The molecule has 1 N–H and O–H groups in total. The summed E-state index contributed by atoms with van der Waals surface area (Å²) in [4.78, 5) is 2.18. The van der Waals surface area contributed by atoms with Crippen molar-refractivity contribution < 1.29 is 18.6 Å². The standard InChI is InChI=1S/C26H33F2N3O2/c1-4-6-12-21(32)17-31(15-5-2)18-22-25(19-10-8-7-9-11-19)29-30(3)26(22)33-24-14-13-20(27)16-23(24)28/h7-11,13-14,16,21,32H,4-6,12,15,17-18H2,1-3H3. The minimum absolute atomic E-state index is 0.0646. The first kappa shape index (κ1) is 24.9. The zero-order chi connectivity index (χ0) is 23.8. The van der Waals surface area contributed by atoms with Crippen LogP contribution in [0.25, 0.3) is 11.3 Å². The molecule has 33 heavy (non-hydrogen) atoms. The van der Waals surface area contributed by atoms with Gasteiger partial charge in [-0.2, -0.15) is 5.10 Å². The Balaban J connectivity index is 1.98. The fourth-order valence-corrected chi connectivity index (χ4v) is 3.92. The van der Waals surface area contributed by atoms with E-state index in [1.54, 1.807) is 11.7 Å². The Hall–Kier alpha value is -2.77. The summed E-state index contributed by atoms with van der Waals surface area (Å²) in [5.74, 6) is -1.11. The number of ether oxygens (including phenoxy) is 1. The minimum Gasteiger partial charge on any atom is -0.436 e. The van der Waals surface area contributed by atoms with Crippen LogP contribution in [0.4, 0.5) is 8.78 Å². The summed E-state index contributed by atoms with van der Waals surface area (Å²) in [5, 5.41) is 15.2. The first-order valence-corrected chi connectivity index (χ1v) is 11.6.